The van der Waals surface area contributed by atoms with Crippen molar-refractivity contribution < 1.29 is 5.11 Å². The van der Waals surface area contributed by atoms with Crippen LogP contribution in [0.2, 0.25) is 0 Å². The lowest BCUT2D eigenvalue weighted by Gasteiger charge is -2.40. The van der Waals surface area contributed by atoms with Gasteiger partial charge in [0.05, 0.1) is 6.61 Å². The van der Waals surface area contributed by atoms with Crippen LogP contribution in [0.3, 0.4) is 0 Å². The fourth-order valence-corrected chi connectivity index (χ4v) is 2.78. The summed E-state index contributed by atoms with van der Waals surface area (Å²) in [6.07, 6.45) is 4.53. The zero-order valence-electron chi connectivity index (χ0n) is 11.4. The Morgan fingerprint density at radius 2 is 2.29 bits per heavy atom. The van der Waals surface area contributed by atoms with Crippen LogP contribution in [-0.4, -0.2) is 49.3 Å². The van der Waals surface area contributed by atoms with Gasteiger partial charge in [0.15, 0.2) is 0 Å². The number of hydrogen-bond donors (Lipinski definition) is 2. The van der Waals surface area contributed by atoms with E-state index in [0.717, 1.165) is 32.1 Å². The van der Waals surface area contributed by atoms with Crippen LogP contribution in [-0.2, 0) is 0 Å². The number of nitrogens with zero attached hydrogens (tertiary/aromatic N) is 1. The summed E-state index contributed by atoms with van der Waals surface area (Å²) in [5.41, 5.74) is 0.297. The molecule has 0 aliphatic carbocycles. The molecule has 0 radical (unpaired) electrons. The summed E-state index contributed by atoms with van der Waals surface area (Å²) in [5.74, 6) is 0.738. The summed E-state index contributed by atoms with van der Waals surface area (Å²) in [7, 11) is 0. The molecule has 2 N–H and O–H groups in total. The minimum atomic E-state index is 0.229. The zero-order valence-corrected chi connectivity index (χ0v) is 11.4. The summed E-state index contributed by atoms with van der Waals surface area (Å²) in [4.78, 5) is 2.29. The monoisotopic (exact) mass is 240 g/mol. The smallest absolute Gasteiger partial charge is 0.0558 e. The molecule has 100 valence electrons. The van der Waals surface area contributed by atoms with Crippen molar-refractivity contribution in [1.29, 1.82) is 0 Å². The molecular formula is C14H28N2O. The first-order valence-corrected chi connectivity index (χ1v) is 6.75. The second-order valence-corrected chi connectivity index (χ2v) is 5.78. The van der Waals surface area contributed by atoms with Gasteiger partial charge >= 0.3 is 0 Å². The molecule has 1 heterocycles. The third-order valence-electron chi connectivity index (χ3n) is 3.84. The topological polar surface area (TPSA) is 35.5 Å². The van der Waals surface area contributed by atoms with Crippen LogP contribution >= 0.6 is 0 Å². The van der Waals surface area contributed by atoms with Crippen LogP contribution in [0.5, 0.6) is 0 Å². The first kappa shape index (κ1) is 14.7. The highest BCUT2D eigenvalue weighted by Gasteiger charge is 2.31. The quantitative estimate of drug-likeness (QED) is 0.662. The highest BCUT2D eigenvalue weighted by molar-refractivity contribution is 4.87. The molecule has 0 aromatic heterocycles. The molecule has 0 bridgehead atoms. The maximum absolute atomic E-state index is 9.08. The fraction of sp³-hybridized carbons (Fsp3) is 0.857. The van der Waals surface area contributed by atoms with Gasteiger partial charge in [-0.1, -0.05) is 19.9 Å². The van der Waals surface area contributed by atoms with E-state index in [9.17, 15) is 0 Å². The van der Waals surface area contributed by atoms with Crippen molar-refractivity contribution in [1.82, 2.24) is 10.2 Å². The van der Waals surface area contributed by atoms with Gasteiger partial charge in [-0.3, -0.25) is 4.90 Å². The Morgan fingerprint density at radius 1 is 1.53 bits per heavy atom. The molecule has 0 saturated carbocycles. The van der Waals surface area contributed by atoms with Gasteiger partial charge in [-0.05, 0) is 37.3 Å². The number of aliphatic hydroxyl groups excluding tert-OH is 1. The van der Waals surface area contributed by atoms with Crippen molar-refractivity contribution >= 4 is 0 Å². The summed E-state index contributed by atoms with van der Waals surface area (Å²) >= 11 is 0. The Hall–Kier alpha value is -0.380. The van der Waals surface area contributed by atoms with Gasteiger partial charge in [0.1, 0.15) is 0 Å². The highest BCUT2D eigenvalue weighted by Crippen LogP contribution is 2.32. The van der Waals surface area contributed by atoms with Crippen molar-refractivity contribution in [3.8, 4) is 0 Å². The molecule has 1 unspecified atom stereocenters. The minimum Gasteiger partial charge on any atom is -0.395 e. The second-order valence-electron chi connectivity index (χ2n) is 5.78. The van der Waals surface area contributed by atoms with Crippen molar-refractivity contribution in [3.63, 3.8) is 0 Å². The van der Waals surface area contributed by atoms with Crippen molar-refractivity contribution in [2.75, 3.05) is 39.3 Å². The standard InChI is InChI=1S/C14H28N2O/c1-4-8-16(9-10-17)12-14(2,3)13-6-5-7-15-11-13/h4,13,15,17H,1,5-12H2,2-3H3. The summed E-state index contributed by atoms with van der Waals surface area (Å²) in [5, 5.41) is 12.6. The van der Waals surface area contributed by atoms with E-state index in [-0.39, 0.29) is 6.61 Å². The molecular weight excluding hydrogens is 212 g/mol. The van der Waals surface area contributed by atoms with E-state index in [1.807, 2.05) is 6.08 Å². The fourth-order valence-electron chi connectivity index (χ4n) is 2.78. The maximum atomic E-state index is 9.08. The van der Waals surface area contributed by atoms with Gasteiger partial charge in [-0.2, -0.15) is 0 Å². The summed E-state index contributed by atoms with van der Waals surface area (Å²) in [6.45, 7) is 13.7. The molecule has 17 heavy (non-hydrogen) atoms. The average molecular weight is 240 g/mol. The lowest BCUT2D eigenvalue weighted by atomic mass is 9.74. The van der Waals surface area contributed by atoms with E-state index in [0.29, 0.717) is 5.41 Å². The lowest BCUT2D eigenvalue weighted by molar-refractivity contribution is 0.0948. The first-order valence-electron chi connectivity index (χ1n) is 6.75. The largest absolute Gasteiger partial charge is 0.395 e. The van der Waals surface area contributed by atoms with Gasteiger partial charge in [-0.25, -0.2) is 0 Å². The molecule has 0 aromatic carbocycles. The van der Waals surface area contributed by atoms with Crippen molar-refractivity contribution in [2.45, 2.75) is 26.7 Å². The molecule has 1 rings (SSSR count). The zero-order chi connectivity index (χ0) is 12.7. The van der Waals surface area contributed by atoms with Crippen LogP contribution in [0.15, 0.2) is 12.7 Å². The van der Waals surface area contributed by atoms with E-state index in [4.69, 9.17) is 5.11 Å². The Morgan fingerprint density at radius 3 is 2.82 bits per heavy atom. The Balaban J connectivity index is 2.51. The molecule has 0 amide bonds. The average Bonchev–Trinajstić information content (AvgIpc) is 2.30. The highest BCUT2D eigenvalue weighted by atomic mass is 16.3. The van der Waals surface area contributed by atoms with E-state index in [1.165, 1.54) is 19.4 Å². The van der Waals surface area contributed by atoms with E-state index >= 15 is 0 Å². The predicted molar refractivity (Wildman–Crippen MR) is 73.1 cm³/mol. The van der Waals surface area contributed by atoms with Gasteiger partial charge in [0, 0.05) is 19.6 Å². The van der Waals surface area contributed by atoms with Crippen LogP contribution in [0, 0.1) is 11.3 Å². The predicted octanol–water partition coefficient (Wildman–Crippen LogP) is 1.49. The third-order valence-corrected chi connectivity index (χ3v) is 3.84. The van der Waals surface area contributed by atoms with Gasteiger partial charge < -0.3 is 10.4 Å². The van der Waals surface area contributed by atoms with Crippen LogP contribution in [0.25, 0.3) is 0 Å². The molecule has 1 aliphatic heterocycles. The first-order chi connectivity index (χ1) is 8.10. The Kier molecular flexibility index (Phi) is 6.17. The Bertz CT molecular complexity index is 222. The molecule has 1 fully saturated rings. The van der Waals surface area contributed by atoms with E-state index < -0.39 is 0 Å². The van der Waals surface area contributed by atoms with Gasteiger partial charge in [-0.15, -0.1) is 6.58 Å². The molecule has 1 saturated heterocycles. The van der Waals surface area contributed by atoms with Crippen molar-refractivity contribution in [2.24, 2.45) is 11.3 Å². The number of piperidine rings is 1. The number of nitrogens with one attached hydrogen (secondary N) is 1. The van der Waals surface area contributed by atoms with Gasteiger partial charge in [0.25, 0.3) is 0 Å². The van der Waals surface area contributed by atoms with Crippen LogP contribution in [0.1, 0.15) is 26.7 Å². The lowest BCUT2D eigenvalue weighted by Crippen LogP contribution is -2.45. The molecule has 3 heteroatoms. The van der Waals surface area contributed by atoms with Crippen LogP contribution < -0.4 is 5.32 Å². The van der Waals surface area contributed by atoms with E-state index in [2.05, 4.69) is 30.6 Å². The molecule has 3 nitrogen and oxygen atoms in total. The number of aliphatic hydroxyl groups is 1. The Labute approximate surface area is 106 Å². The number of hydrogen-bond acceptors (Lipinski definition) is 3. The molecule has 0 aromatic rings. The maximum Gasteiger partial charge on any atom is 0.0558 e. The molecule has 1 atom stereocenters. The van der Waals surface area contributed by atoms with Crippen LogP contribution in [0.4, 0.5) is 0 Å². The van der Waals surface area contributed by atoms with Crippen molar-refractivity contribution in [3.05, 3.63) is 12.7 Å². The second kappa shape index (κ2) is 7.14. The normalized spacial score (nSPS) is 21.8. The summed E-state index contributed by atoms with van der Waals surface area (Å²) in [6, 6.07) is 0. The summed E-state index contributed by atoms with van der Waals surface area (Å²) < 4.78 is 0. The third kappa shape index (κ3) is 4.78. The molecule has 0 spiro atoms. The number of rotatable bonds is 7. The van der Waals surface area contributed by atoms with E-state index in [1.54, 1.807) is 0 Å². The molecule has 1 aliphatic rings. The SMILES string of the molecule is C=CCN(CCO)CC(C)(C)C1CCCNC1. The minimum absolute atomic E-state index is 0.229. The van der Waals surface area contributed by atoms with Gasteiger partial charge in [0.2, 0.25) is 0 Å².